The van der Waals surface area contributed by atoms with Gasteiger partial charge in [0.1, 0.15) is 0 Å². The zero-order valence-corrected chi connectivity index (χ0v) is 13.3. The first kappa shape index (κ1) is 13.6. The maximum absolute atomic E-state index is 5.77. The van der Waals surface area contributed by atoms with Crippen LogP contribution in [0.4, 0.5) is 0 Å². The van der Waals surface area contributed by atoms with E-state index < -0.39 is 0 Å². The molecule has 1 heterocycles. The number of hydrogen-bond acceptors (Lipinski definition) is 2. The Bertz CT molecular complexity index is 369. The summed E-state index contributed by atoms with van der Waals surface area (Å²) in [5.41, 5.74) is 1.73. The van der Waals surface area contributed by atoms with E-state index in [4.69, 9.17) is 4.74 Å². The van der Waals surface area contributed by atoms with Crippen LogP contribution in [0.1, 0.15) is 71.6 Å². The van der Waals surface area contributed by atoms with E-state index in [1.807, 2.05) is 0 Å². The fourth-order valence-corrected chi connectivity index (χ4v) is 7.02. The minimum Gasteiger partial charge on any atom is -0.378 e. The molecule has 5 aliphatic rings. The molecule has 114 valence electrons. The first-order chi connectivity index (χ1) is 9.49. The maximum Gasteiger partial charge on any atom is 0.0588 e. The van der Waals surface area contributed by atoms with Crippen LogP contribution in [0.2, 0.25) is 0 Å². The van der Waals surface area contributed by atoms with E-state index in [0.29, 0.717) is 22.5 Å². The zero-order valence-electron chi connectivity index (χ0n) is 13.3. The van der Waals surface area contributed by atoms with Gasteiger partial charge in [-0.25, -0.2) is 0 Å². The second-order valence-electron chi connectivity index (χ2n) is 9.26. The summed E-state index contributed by atoms with van der Waals surface area (Å²) in [5.74, 6) is 0.997. The predicted molar refractivity (Wildman–Crippen MR) is 81.7 cm³/mol. The largest absolute Gasteiger partial charge is 0.378 e. The predicted octanol–water partition coefficient (Wildman–Crippen LogP) is 3.89. The Kier molecular flexibility index (Phi) is 3.03. The smallest absolute Gasteiger partial charge is 0.0588 e. The molecular formula is C18H31NO. The van der Waals surface area contributed by atoms with Gasteiger partial charge in [0.05, 0.1) is 6.10 Å². The molecule has 1 saturated heterocycles. The summed E-state index contributed by atoms with van der Waals surface area (Å²) >= 11 is 0. The molecule has 0 aromatic heterocycles. The van der Waals surface area contributed by atoms with Gasteiger partial charge < -0.3 is 10.1 Å². The van der Waals surface area contributed by atoms with Crippen LogP contribution in [0.5, 0.6) is 0 Å². The third-order valence-electron chi connectivity index (χ3n) is 6.62. The third-order valence-corrected chi connectivity index (χ3v) is 6.62. The summed E-state index contributed by atoms with van der Waals surface area (Å²) in [7, 11) is 0. The highest BCUT2D eigenvalue weighted by atomic mass is 16.5. The van der Waals surface area contributed by atoms with Crippen LogP contribution in [0.25, 0.3) is 0 Å². The number of nitrogens with one attached hydrogen (secondary N) is 1. The quantitative estimate of drug-likeness (QED) is 0.841. The number of hydrogen-bond donors (Lipinski definition) is 1. The third kappa shape index (κ3) is 2.33. The van der Waals surface area contributed by atoms with Crippen molar-refractivity contribution in [3.63, 3.8) is 0 Å². The normalized spacial score (nSPS) is 53.7. The monoisotopic (exact) mass is 277 g/mol. The molecule has 3 unspecified atom stereocenters. The second-order valence-corrected chi connectivity index (χ2v) is 9.26. The molecule has 4 bridgehead atoms. The Labute approximate surface area is 124 Å². The van der Waals surface area contributed by atoms with Crippen LogP contribution in [0.3, 0.4) is 0 Å². The Hall–Kier alpha value is -0.0800. The van der Waals surface area contributed by atoms with Gasteiger partial charge in [-0.1, -0.05) is 13.8 Å². The molecule has 0 aromatic rings. The average molecular weight is 277 g/mol. The van der Waals surface area contributed by atoms with Crippen molar-refractivity contribution in [1.29, 1.82) is 0 Å². The van der Waals surface area contributed by atoms with Gasteiger partial charge in [0, 0.05) is 12.1 Å². The lowest BCUT2D eigenvalue weighted by molar-refractivity contribution is -0.118. The summed E-state index contributed by atoms with van der Waals surface area (Å²) in [6, 6.07) is 0. The van der Waals surface area contributed by atoms with E-state index in [9.17, 15) is 0 Å². The van der Waals surface area contributed by atoms with Gasteiger partial charge in [-0.05, 0) is 81.1 Å². The average Bonchev–Trinajstić information content (AvgIpc) is 2.76. The van der Waals surface area contributed by atoms with Crippen LogP contribution < -0.4 is 5.32 Å². The van der Waals surface area contributed by atoms with Gasteiger partial charge in [0.15, 0.2) is 0 Å². The van der Waals surface area contributed by atoms with Crippen molar-refractivity contribution >= 4 is 0 Å². The Morgan fingerprint density at radius 3 is 2.40 bits per heavy atom. The molecule has 0 radical (unpaired) electrons. The highest BCUT2D eigenvalue weighted by Gasteiger charge is 2.59. The summed E-state index contributed by atoms with van der Waals surface area (Å²) in [5, 5.41) is 4.02. The highest BCUT2D eigenvalue weighted by Crippen LogP contribution is 2.66. The van der Waals surface area contributed by atoms with Crippen molar-refractivity contribution in [3.8, 4) is 0 Å². The van der Waals surface area contributed by atoms with E-state index in [1.165, 1.54) is 64.3 Å². The fraction of sp³-hybridized carbons (Fsp3) is 1.00. The van der Waals surface area contributed by atoms with E-state index >= 15 is 0 Å². The lowest BCUT2D eigenvalue weighted by Gasteiger charge is -2.65. The van der Waals surface area contributed by atoms with Crippen LogP contribution in [-0.2, 0) is 4.74 Å². The molecule has 2 heteroatoms. The molecule has 4 saturated carbocycles. The van der Waals surface area contributed by atoms with Gasteiger partial charge in [-0.15, -0.1) is 0 Å². The van der Waals surface area contributed by atoms with Crippen molar-refractivity contribution in [2.45, 2.75) is 83.3 Å². The van der Waals surface area contributed by atoms with Crippen molar-refractivity contribution in [2.24, 2.45) is 16.7 Å². The van der Waals surface area contributed by atoms with E-state index in [-0.39, 0.29) is 0 Å². The minimum absolute atomic E-state index is 0.474. The number of ether oxygens (including phenoxy) is 1. The molecule has 1 aliphatic heterocycles. The van der Waals surface area contributed by atoms with Crippen LogP contribution in [0, 0.1) is 16.7 Å². The molecule has 2 nitrogen and oxygen atoms in total. The first-order valence-corrected chi connectivity index (χ1v) is 8.85. The Morgan fingerprint density at radius 1 is 1.05 bits per heavy atom. The van der Waals surface area contributed by atoms with Gasteiger partial charge in [-0.2, -0.15) is 0 Å². The molecule has 3 atom stereocenters. The zero-order chi connectivity index (χ0) is 13.8. The lowest BCUT2D eigenvalue weighted by atomic mass is 9.43. The second kappa shape index (κ2) is 4.46. The van der Waals surface area contributed by atoms with E-state index in [1.54, 1.807) is 0 Å². The van der Waals surface area contributed by atoms with Crippen molar-refractivity contribution in [1.82, 2.24) is 5.32 Å². The molecule has 1 N–H and O–H groups in total. The standard InChI is InChI=1S/C18H31NO/c1-16-8-14-9-17(2,11-16)13-18(10-14,12-16)19-6-5-15-4-3-7-20-15/h14-15,19H,3-13H2,1-2H3. The Morgan fingerprint density at radius 2 is 1.80 bits per heavy atom. The molecule has 0 spiro atoms. The highest BCUT2D eigenvalue weighted by molar-refractivity contribution is 5.14. The van der Waals surface area contributed by atoms with E-state index in [2.05, 4.69) is 19.2 Å². The molecule has 5 rings (SSSR count). The molecule has 4 aliphatic carbocycles. The van der Waals surface area contributed by atoms with Crippen molar-refractivity contribution in [3.05, 3.63) is 0 Å². The lowest BCUT2D eigenvalue weighted by Crippen LogP contribution is -2.64. The number of rotatable bonds is 4. The van der Waals surface area contributed by atoms with Crippen molar-refractivity contribution < 1.29 is 4.74 Å². The van der Waals surface area contributed by atoms with Crippen molar-refractivity contribution in [2.75, 3.05) is 13.2 Å². The molecule has 20 heavy (non-hydrogen) atoms. The Balaban J connectivity index is 1.41. The van der Waals surface area contributed by atoms with Crippen LogP contribution in [-0.4, -0.2) is 24.8 Å². The minimum atomic E-state index is 0.474. The SMILES string of the molecule is CC12CC3CC(C)(C1)CC(NCCC1CCCO1)(C3)C2. The van der Waals surface area contributed by atoms with E-state index in [0.717, 1.165) is 12.5 Å². The summed E-state index contributed by atoms with van der Waals surface area (Å²) in [4.78, 5) is 0. The van der Waals surface area contributed by atoms with Crippen LogP contribution >= 0.6 is 0 Å². The summed E-state index contributed by atoms with van der Waals surface area (Å²) < 4.78 is 5.77. The molecule has 5 fully saturated rings. The summed E-state index contributed by atoms with van der Waals surface area (Å²) in [6.07, 6.45) is 13.1. The molecule has 0 aromatic carbocycles. The maximum atomic E-state index is 5.77. The van der Waals surface area contributed by atoms with Gasteiger partial charge >= 0.3 is 0 Å². The molecule has 0 amide bonds. The molecular weight excluding hydrogens is 246 g/mol. The summed E-state index contributed by atoms with van der Waals surface area (Å²) in [6.45, 7) is 7.29. The first-order valence-electron chi connectivity index (χ1n) is 8.85. The van der Waals surface area contributed by atoms with Gasteiger partial charge in [-0.3, -0.25) is 0 Å². The van der Waals surface area contributed by atoms with Gasteiger partial charge in [0.25, 0.3) is 0 Å². The van der Waals surface area contributed by atoms with Crippen LogP contribution in [0.15, 0.2) is 0 Å². The van der Waals surface area contributed by atoms with Gasteiger partial charge in [0.2, 0.25) is 0 Å². The topological polar surface area (TPSA) is 21.3 Å². The fourth-order valence-electron chi connectivity index (χ4n) is 7.02.